The number of anilines is 5. The highest BCUT2D eigenvalue weighted by Crippen LogP contribution is 2.28. The third-order valence-corrected chi connectivity index (χ3v) is 6.20. The van der Waals surface area contributed by atoms with E-state index in [1.165, 1.54) is 4.52 Å². The molecule has 12 heteroatoms. The quantitative estimate of drug-likeness (QED) is 0.350. The van der Waals surface area contributed by atoms with Crippen molar-refractivity contribution in [2.45, 2.75) is 0 Å². The SMILES string of the molecule is N#Cc1c(Nc2ccc(Oc3ccncc3)cc2)nn2c(N)nc(N3CCN(c4ccncc4)CC3)nc12. The van der Waals surface area contributed by atoms with E-state index >= 15 is 0 Å². The summed E-state index contributed by atoms with van der Waals surface area (Å²) < 4.78 is 7.20. The standard InChI is InChI=1S/C26H23N11O/c27-17-22-23(31-18-1-3-20(4-2-18)38-21-7-11-30-12-8-21)34-37-24(22)32-26(33-25(37)28)36-15-13-35(14-16-36)19-5-9-29-10-6-19/h1-12H,13-16H2,(H,31,34)(H2,28,32,33). The zero-order valence-electron chi connectivity index (χ0n) is 20.3. The maximum atomic E-state index is 9.95. The van der Waals surface area contributed by atoms with Crippen LogP contribution in [0.2, 0.25) is 0 Å². The zero-order chi connectivity index (χ0) is 25.9. The highest BCUT2D eigenvalue weighted by Gasteiger charge is 2.23. The van der Waals surface area contributed by atoms with Crippen LogP contribution in [0.4, 0.5) is 29.1 Å². The molecule has 6 rings (SSSR count). The number of pyridine rings is 2. The van der Waals surface area contributed by atoms with Gasteiger partial charge in [-0.25, -0.2) is 0 Å². The van der Waals surface area contributed by atoms with Crippen LogP contribution in [-0.4, -0.2) is 55.7 Å². The number of aromatic nitrogens is 6. The number of nitrogen functional groups attached to an aromatic ring is 1. The first-order valence-corrected chi connectivity index (χ1v) is 12.0. The van der Waals surface area contributed by atoms with Gasteiger partial charge in [0.1, 0.15) is 23.1 Å². The average Bonchev–Trinajstić information content (AvgIpc) is 3.32. The Bertz CT molecular complexity index is 1590. The third kappa shape index (κ3) is 4.56. The fourth-order valence-corrected chi connectivity index (χ4v) is 4.28. The lowest BCUT2D eigenvalue weighted by atomic mass is 10.2. The number of hydrogen-bond acceptors (Lipinski definition) is 11. The number of fused-ring (bicyclic) bond motifs is 1. The van der Waals surface area contributed by atoms with Crippen molar-refractivity contribution in [2.24, 2.45) is 0 Å². The summed E-state index contributed by atoms with van der Waals surface area (Å²) in [5, 5.41) is 17.6. The summed E-state index contributed by atoms with van der Waals surface area (Å²) in [5.41, 5.74) is 8.75. The van der Waals surface area contributed by atoms with E-state index in [4.69, 9.17) is 10.5 Å². The molecule has 3 N–H and O–H groups in total. The van der Waals surface area contributed by atoms with Crippen molar-refractivity contribution in [3.05, 3.63) is 78.9 Å². The molecule has 0 radical (unpaired) electrons. The second kappa shape index (κ2) is 9.90. The monoisotopic (exact) mass is 505 g/mol. The Morgan fingerprint density at radius 1 is 0.816 bits per heavy atom. The van der Waals surface area contributed by atoms with E-state index in [9.17, 15) is 5.26 Å². The molecular formula is C26H23N11O. The van der Waals surface area contributed by atoms with Gasteiger partial charge in [0.15, 0.2) is 11.5 Å². The highest BCUT2D eigenvalue weighted by atomic mass is 16.5. The van der Waals surface area contributed by atoms with Crippen LogP contribution in [0.1, 0.15) is 5.56 Å². The van der Waals surface area contributed by atoms with Crippen LogP contribution in [0, 0.1) is 11.3 Å². The highest BCUT2D eigenvalue weighted by molar-refractivity contribution is 5.74. The Morgan fingerprint density at radius 2 is 1.45 bits per heavy atom. The Balaban J connectivity index is 1.21. The van der Waals surface area contributed by atoms with Crippen molar-refractivity contribution in [1.82, 2.24) is 29.5 Å². The van der Waals surface area contributed by atoms with Crippen molar-refractivity contribution in [1.29, 1.82) is 5.26 Å². The van der Waals surface area contributed by atoms with Crippen molar-refractivity contribution in [3.8, 4) is 17.6 Å². The second-order valence-corrected chi connectivity index (χ2v) is 8.57. The molecule has 0 saturated carbocycles. The summed E-state index contributed by atoms with van der Waals surface area (Å²) in [5.74, 6) is 2.34. The Kier molecular flexibility index (Phi) is 5.99. The lowest BCUT2D eigenvalue weighted by Crippen LogP contribution is -2.47. The van der Waals surface area contributed by atoms with Crippen molar-refractivity contribution >= 4 is 34.7 Å². The van der Waals surface area contributed by atoms with E-state index in [1.807, 2.05) is 36.4 Å². The largest absolute Gasteiger partial charge is 0.457 e. The Morgan fingerprint density at radius 3 is 2.13 bits per heavy atom. The molecule has 38 heavy (non-hydrogen) atoms. The molecule has 5 aromatic rings. The molecule has 0 aliphatic carbocycles. The van der Waals surface area contributed by atoms with Gasteiger partial charge in [0.25, 0.3) is 0 Å². The van der Waals surface area contributed by atoms with Gasteiger partial charge in [-0.2, -0.15) is 19.7 Å². The number of nitrogens with one attached hydrogen (secondary N) is 1. The van der Waals surface area contributed by atoms with E-state index < -0.39 is 0 Å². The van der Waals surface area contributed by atoms with E-state index in [2.05, 4.69) is 46.2 Å². The molecule has 1 saturated heterocycles. The summed E-state index contributed by atoms with van der Waals surface area (Å²) in [4.78, 5) is 21.6. The van der Waals surface area contributed by atoms with Gasteiger partial charge in [0.05, 0.1) is 0 Å². The Hall–Kier alpha value is -5.44. The third-order valence-electron chi connectivity index (χ3n) is 6.20. The van der Waals surface area contributed by atoms with Gasteiger partial charge in [-0.15, -0.1) is 5.10 Å². The van der Waals surface area contributed by atoms with Gasteiger partial charge < -0.3 is 25.6 Å². The number of benzene rings is 1. The fraction of sp³-hybridized carbons (Fsp3) is 0.154. The van der Waals surface area contributed by atoms with Crippen molar-refractivity contribution in [2.75, 3.05) is 47.0 Å². The predicted octanol–water partition coefficient (Wildman–Crippen LogP) is 3.23. The number of nitrogens with two attached hydrogens (primary N) is 1. The van der Waals surface area contributed by atoms with Gasteiger partial charge in [0.2, 0.25) is 11.9 Å². The second-order valence-electron chi connectivity index (χ2n) is 8.57. The van der Waals surface area contributed by atoms with E-state index in [0.29, 0.717) is 42.0 Å². The van der Waals surface area contributed by atoms with Crippen LogP contribution in [0.25, 0.3) is 5.65 Å². The molecule has 1 aliphatic heterocycles. The first-order chi connectivity index (χ1) is 18.7. The molecule has 0 spiro atoms. The van der Waals surface area contributed by atoms with E-state index in [0.717, 1.165) is 24.5 Å². The molecule has 0 unspecified atom stereocenters. The van der Waals surface area contributed by atoms with Crippen molar-refractivity contribution in [3.63, 3.8) is 0 Å². The van der Waals surface area contributed by atoms with Gasteiger partial charge >= 0.3 is 0 Å². The minimum atomic E-state index is 0.159. The lowest BCUT2D eigenvalue weighted by molar-refractivity contribution is 0.482. The summed E-state index contributed by atoms with van der Waals surface area (Å²) in [7, 11) is 0. The molecule has 12 nitrogen and oxygen atoms in total. The minimum absolute atomic E-state index is 0.159. The van der Waals surface area contributed by atoms with Crippen LogP contribution < -0.4 is 25.6 Å². The average molecular weight is 506 g/mol. The van der Waals surface area contributed by atoms with Gasteiger partial charge in [-0.1, -0.05) is 0 Å². The van der Waals surface area contributed by atoms with Crippen molar-refractivity contribution < 1.29 is 4.74 Å². The molecule has 1 fully saturated rings. The van der Waals surface area contributed by atoms with Crippen LogP contribution in [0.3, 0.4) is 0 Å². The maximum absolute atomic E-state index is 9.95. The first kappa shape index (κ1) is 23.0. The Labute approximate surface area is 218 Å². The van der Waals surface area contributed by atoms with Gasteiger partial charge in [-0.05, 0) is 48.5 Å². The minimum Gasteiger partial charge on any atom is -0.457 e. The zero-order valence-corrected chi connectivity index (χ0v) is 20.3. The topological polar surface area (TPSA) is 146 Å². The molecule has 0 atom stereocenters. The molecule has 0 amide bonds. The lowest BCUT2D eigenvalue weighted by Gasteiger charge is -2.36. The fourth-order valence-electron chi connectivity index (χ4n) is 4.28. The van der Waals surface area contributed by atoms with Crippen LogP contribution in [-0.2, 0) is 0 Å². The van der Waals surface area contributed by atoms with Crippen LogP contribution in [0.15, 0.2) is 73.3 Å². The molecule has 4 aromatic heterocycles. The summed E-state index contributed by atoms with van der Waals surface area (Å²) >= 11 is 0. The molecular weight excluding hydrogens is 482 g/mol. The maximum Gasteiger partial charge on any atom is 0.230 e. The summed E-state index contributed by atoms with van der Waals surface area (Å²) in [6, 6.07) is 17.1. The molecule has 1 aromatic carbocycles. The number of hydrogen-bond donors (Lipinski definition) is 2. The normalized spacial score (nSPS) is 13.3. The molecule has 1 aliphatic rings. The molecule has 0 bridgehead atoms. The predicted molar refractivity (Wildman–Crippen MR) is 143 cm³/mol. The number of nitriles is 1. The molecule has 188 valence electrons. The molecule has 5 heterocycles. The van der Waals surface area contributed by atoms with Crippen LogP contribution >= 0.6 is 0 Å². The smallest absolute Gasteiger partial charge is 0.230 e. The summed E-state index contributed by atoms with van der Waals surface area (Å²) in [6.45, 7) is 3.03. The van der Waals surface area contributed by atoms with Crippen LogP contribution in [0.5, 0.6) is 11.5 Å². The number of rotatable bonds is 6. The number of piperazine rings is 1. The van der Waals surface area contributed by atoms with Gasteiger partial charge in [-0.3, -0.25) is 9.97 Å². The van der Waals surface area contributed by atoms with E-state index in [-0.39, 0.29) is 11.5 Å². The number of ether oxygens (including phenoxy) is 1. The van der Waals surface area contributed by atoms with Gasteiger partial charge in [0, 0.05) is 62.3 Å². The summed E-state index contributed by atoms with van der Waals surface area (Å²) in [6.07, 6.45) is 6.92. The number of nitrogens with zero attached hydrogens (tertiary/aromatic N) is 9. The van der Waals surface area contributed by atoms with E-state index in [1.54, 1.807) is 36.9 Å². The first-order valence-electron chi connectivity index (χ1n) is 12.0.